The fraction of sp³-hybridized carbons (Fsp3) is 0.273. The van der Waals surface area contributed by atoms with Gasteiger partial charge >= 0.3 is 0 Å². The third-order valence-electron chi connectivity index (χ3n) is 5.49. The molecule has 1 aliphatic heterocycles. The van der Waals surface area contributed by atoms with Crippen molar-refractivity contribution >= 4 is 52.3 Å². The van der Waals surface area contributed by atoms with Crippen molar-refractivity contribution in [3.8, 4) is 0 Å². The molecule has 3 aromatic rings. The molecule has 0 fully saturated rings. The van der Waals surface area contributed by atoms with Gasteiger partial charge in [-0.05, 0) is 62.6 Å². The molecule has 2 heterocycles. The lowest BCUT2D eigenvalue weighted by Gasteiger charge is -2.37. The number of anilines is 3. The van der Waals surface area contributed by atoms with Crippen LogP contribution in [0.25, 0.3) is 0 Å². The second kappa shape index (κ2) is 8.02. The van der Waals surface area contributed by atoms with Crippen LogP contribution in [0.1, 0.15) is 35.3 Å². The van der Waals surface area contributed by atoms with Gasteiger partial charge in [0.15, 0.2) is 0 Å². The molecule has 0 bridgehead atoms. The summed E-state index contributed by atoms with van der Waals surface area (Å²) in [5.41, 5.74) is 5.27. The van der Waals surface area contributed by atoms with E-state index in [1.807, 2.05) is 25.1 Å². The van der Waals surface area contributed by atoms with Crippen molar-refractivity contribution in [2.45, 2.75) is 33.2 Å². The highest BCUT2D eigenvalue weighted by molar-refractivity contribution is 6.42. The van der Waals surface area contributed by atoms with Gasteiger partial charge in [0.25, 0.3) is 0 Å². The van der Waals surface area contributed by atoms with Crippen LogP contribution in [0, 0.1) is 13.8 Å². The fourth-order valence-corrected chi connectivity index (χ4v) is 4.34. The van der Waals surface area contributed by atoms with E-state index in [0.717, 1.165) is 40.8 Å². The van der Waals surface area contributed by atoms with Gasteiger partial charge in [-0.3, -0.25) is 0 Å². The number of hydrogen-bond acceptors (Lipinski definition) is 4. The number of aromatic nitrogens is 2. The van der Waals surface area contributed by atoms with Crippen LogP contribution in [0.5, 0.6) is 0 Å². The normalized spacial score (nSPS) is 15.9. The molecule has 0 saturated carbocycles. The maximum Gasteiger partial charge on any atom is 0.229 e. The summed E-state index contributed by atoms with van der Waals surface area (Å²) in [4.78, 5) is 11.8. The molecule has 7 heteroatoms. The summed E-state index contributed by atoms with van der Waals surface area (Å²) in [6.45, 7) is 7.10. The monoisotopic (exact) mass is 446 g/mol. The van der Waals surface area contributed by atoms with Crippen molar-refractivity contribution in [2.75, 3.05) is 16.8 Å². The van der Waals surface area contributed by atoms with Crippen LogP contribution >= 0.6 is 34.8 Å². The first-order valence-electron chi connectivity index (χ1n) is 9.46. The van der Waals surface area contributed by atoms with Crippen molar-refractivity contribution in [1.29, 1.82) is 0 Å². The molecule has 0 spiro atoms. The summed E-state index contributed by atoms with van der Waals surface area (Å²) in [5.74, 6) is 1.46. The number of fused-ring (bicyclic) bond motifs is 1. The van der Waals surface area contributed by atoms with Crippen LogP contribution in [-0.4, -0.2) is 16.5 Å². The number of nitrogens with one attached hydrogen (secondary N) is 1. The molecule has 1 N–H and O–H groups in total. The van der Waals surface area contributed by atoms with E-state index in [1.165, 1.54) is 11.1 Å². The number of halogens is 3. The third kappa shape index (κ3) is 3.89. The summed E-state index contributed by atoms with van der Waals surface area (Å²) in [6, 6.07) is 11.7. The Morgan fingerprint density at radius 3 is 2.55 bits per heavy atom. The zero-order valence-electron chi connectivity index (χ0n) is 16.4. The highest BCUT2D eigenvalue weighted by Crippen LogP contribution is 2.37. The molecule has 0 aliphatic carbocycles. The summed E-state index contributed by atoms with van der Waals surface area (Å²) in [6.07, 6.45) is 0.886. The number of nitrogens with zero attached hydrogens (tertiary/aromatic N) is 3. The average molecular weight is 448 g/mol. The minimum atomic E-state index is 0.170. The first-order chi connectivity index (χ1) is 13.8. The maximum atomic E-state index is 6.42. The molecule has 0 radical (unpaired) electrons. The van der Waals surface area contributed by atoms with Crippen LogP contribution in [0.3, 0.4) is 0 Å². The van der Waals surface area contributed by atoms with E-state index in [4.69, 9.17) is 39.8 Å². The van der Waals surface area contributed by atoms with Crippen molar-refractivity contribution in [3.05, 3.63) is 73.9 Å². The number of benzene rings is 2. The van der Waals surface area contributed by atoms with E-state index >= 15 is 0 Å². The topological polar surface area (TPSA) is 41.1 Å². The smallest absolute Gasteiger partial charge is 0.229 e. The van der Waals surface area contributed by atoms with Crippen LogP contribution in [0.4, 0.5) is 17.5 Å². The highest BCUT2D eigenvalue weighted by Gasteiger charge is 2.28. The second-order valence-corrected chi connectivity index (χ2v) is 8.48. The van der Waals surface area contributed by atoms with Crippen molar-refractivity contribution < 1.29 is 0 Å². The molecular weight excluding hydrogens is 427 g/mol. The standard InChI is InChI=1S/C22H21Cl3N4/c1-12-13(2)26-22(27-15-7-8-19(24)20(25)11-15)28-21(12)29-10-9-17-16(14(29)3)5-4-6-18(17)23/h4-8,11,14H,9-10H2,1-3H3,(H,26,27,28). The van der Waals surface area contributed by atoms with Gasteiger partial charge in [-0.15, -0.1) is 0 Å². The number of hydrogen-bond donors (Lipinski definition) is 1. The van der Waals surface area contributed by atoms with Crippen LogP contribution in [-0.2, 0) is 6.42 Å². The van der Waals surface area contributed by atoms with Gasteiger partial charge in [0.1, 0.15) is 5.82 Å². The van der Waals surface area contributed by atoms with E-state index in [0.29, 0.717) is 16.0 Å². The fourth-order valence-electron chi connectivity index (χ4n) is 3.77. The van der Waals surface area contributed by atoms with Crippen LogP contribution in [0.15, 0.2) is 36.4 Å². The van der Waals surface area contributed by atoms with Gasteiger partial charge in [-0.1, -0.05) is 46.9 Å². The van der Waals surface area contributed by atoms with Crippen molar-refractivity contribution in [2.24, 2.45) is 0 Å². The molecular formula is C22H21Cl3N4. The summed E-state index contributed by atoms with van der Waals surface area (Å²) < 4.78 is 0. The number of rotatable bonds is 3. The molecule has 1 aromatic heterocycles. The molecule has 2 aromatic carbocycles. The Bertz CT molecular complexity index is 1080. The zero-order chi connectivity index (χ0) is 20.7. The molecule has 1 atom stereocenters. The predicted octanol–water partition coefficient (Wildman–Crippen LogP) is 6.92. The van der Waals surface area contributed by atoms with Gasteiger partial charge in [0.05, 0.1) is 16.1 Å². The lowest BCUT2D eigenvalue weighted by molar-refractivity contribution is 0.614. The Morgan fingerprint density at radius 1 is 1.00 bits per heavy atom. The number of aryl methyl sites for hydroxylation is 1. The molecule has 150 valence electrons. The molecule has 4 rings (SSSR count). The molecule has 4 nitrogen and oxygen atoms in total. The second-order valence-electron chi connectivity index (χ2n) is 7.26. The van der Waals surface area contributed by atoms with Crippen LogP contribution in [0.2, 0.25) is 15.1 Å². The molecule has 1 unspecified atom stereocenters. The van der Waals surface area contributed by atoms with E-state index in [-0.39, 0.29) is 6.04 Å². The molecule has 0 saturated heterocycles. The molecule has 0 amide bonds. The Labute approximate surface area is 185 Å². The summed E-state index contributed by atoms with van der Waals surface area (Å²) in [5, 5.41) is 5.09. The van der Waals surface area contributed by atoms with Gasteiger partial charge < -0.3 is 10.2 Å². The summed E-state index contributed by atoms with van der Waals surface area (Å²) in [7, 11) is 0. The van der Waals surface area contributed by atoms with Crippen molar-refractivity contribution in [3.63, 3.8) is 0 Å². The predicted molar refractivity (Wildman–Crippen MR) is 122 cm³/mol. The lowest BCUT2D eigenvalue weighted by Crippen LogP contribution is -2.35. The van der Waals surface area contributed by atoms with Gasteiger partial charge in [-0.25, -0.2) is 4.98 Å². The highest BCUT2D eigenvalue weighted by atomic mass is 35.5. The largest absolute Gasteiger partial charge is 0.349 e. The first kappa shape index (κ1) is 20.3. The minimum Gasteiger partial charge on any atom is -0.349 e. The third-order valence-corrected chi connectivity index (χ3v) is 6.58. The van der Waals surface area contributed by atoms with E-state index in [1.54, 1.807) is 12.1 Å². The van der Waals surface area contributed by atoms with Crippen LogP contribution < -0.4 is 10.2 Å². The Morgan fingerprint density at radius 2 is 1.79 bits per heavy atom. The molecule has 29 heavy (non-hydrogen) atoms. The lowest BCUT2D eigenvalue weighted by atomic mass is 9.93. The van der Waals surface area contributed by atoms with Gasteiger partial charge in [0, 0.05) is 28.5 Å². The van der Waals surface area contributed by atoms with E-state index < -0.39 is 0 Å². The maximum absolute atomic E-state index is 6.42. The Balaban J connectivity index is 1.70. The minimum absolute atomic E-state index is 0.170. The Kier molecular flexibility index (Phi) is 5.60. The quantitative estimate of drug-likeness (QED) is 0.473. The van der Waals surface area contributed by atoms with Crippen molar-refractivity contribution in [1.82, 2.24) is 9.97 Å². The Hall–Kier alpha value is -2.01. The average Bonchev–Trinajstić information content (AvgIpc) is 2.69. The van der Waals surface area contributed by atoms with Gasteiger partial charge in [0.2, 0.25) is 5.95 Å². The molecule has 1 aliphatic rings. The zero-order valence-corrected chi connectivity index (χ0v) is 18.7. The summed E-state index contributed by atoms with van der Waals surface area (Å²) >= 11 is 18.6. The SMILES string of the molecule is Cc1nc(Nc2ccc(Cl)c(Cl)c2)nc(N2CCc3c(Cl)cccc3C2C)c1C. The van der Waals surface area contributed by atoms with Gasteiger partial charge in [-0.2, -0.15) is 4.98 Å². The van der Waals surface area contributed by atoms with E-state index in [2.05, 4.69) is 35.1 Å². The van der Waals surface area contributed by atoms with E-state index in [9.17, 15) is 0 Å². The first-order valence-corrected chi connectivity index (χ1v) is 10.6.